The van der Waals surface area contributed by atoms with E-state index in [0.29, 0.717) is 29.0 Å². The minimum Gasteiger partial charge on any atom is -0.637 e. The van der Waals surface area contributed by atoms with Gasteiger partial charge in [0, 0.05) is 35.8 Å². The molecule has 0 bridgehead atoms. The van der Waals surface area contributed by atoms with E-state index in [1.807, 2.05) is 21.9 Å². The van der Waals surface area contributed by atoms with Gasteiger partial charge in [-0.05, 0) is 24.3 Å². The zero-order valence-electron chi connectivity index (χ0n) is 23.8. The summed E-state index contributed by atoms with van der Waals surface area (Å²) in [4.78, 5) is 85.5. The van der Waals surface area contributed by atoms with Crippen molar-refractivity contribution in [1.82, 2.24) is 30.2 Å². The average molecular weight is 633 g/mol. The molecule has 230 valence electrons. The number of hydrogen-bond acceptors (Lipinski definition) is 14. The molecule has 9 N–H and O–H groups in total. The Morgan fingerprint density at radius 3 is 2.44 bits per heavy atom. The van der Waals surface area contributed by atoms with Gasteiger partial charge in [0.1, 0.15) is 12.4 Å². The summed E-state index contributed by atoms with van der Waals surface area (Å²) in [6.07, 6.45) is 0.250. The summed E-state index contributed by atoms with van der Waals surface area (Å²) in [6.45, 7) is 1.64. The molecule has 4 aromatic rings. The quantitative estimate of drug-likeness (QED) is 0.0509. The molecule has 0 aliphatic rings. The summed E-state index contributed by atoms with van der Waals surface area (Å²) in [6, 6.07) is 7.38. The van der Waals surface area contributed by atoms with Crippen molar-refractivity contribution in [2.24, 2.45) is 0 Å². The third-order valence-electron chi connectivity index (χ3n) is 5.61. The van der Waals surface area contributed by atoms with Crippen LogP contribution in [0.1, 0.15) is 39.4 Å². The molecule has 1 aromatic carbocycles. The number of anilines is 3. The van der Waals surface area contributed by atoms with Gasteiger partial charge in [-0.15, -0.1) is 0 Å². The number of fused-ring (bicyclic) bond motifs is 1. The van der Waals surface area contributed by atoms with Crippen molar-refractivity contribution in [2.45, 2.75) is 25.6 Å². The Morgan fingerprint density at radius 1 is 1.16 bits per heavy atom. The zero-order chi connectivity index (χ0) is 32.4. The van der Waals surface area contributed by atoms with Crippen LogP contribution in [0.25, 0.3) is 11.2 Å². The molecule has 1 atom stereocenters. The number of ether oxygens (including phenoxy) is 1. The number of carboxylic acid groups (broad SMARTS) is 2. The maximum Gasteiger partial charge on any atom is 1.00 e. The summed E-state index contributed by atoms with van der Waals surface area (Å²) < 4.78 is 4.61. The fourth-order valence-electron chi connectivity index (χ4n) is 3.59. The number of rotatable bonds is 11. The van der Waals surface area contributed by atoms with Gasteiger partial charge in [0.25, 0.3) is 11.5 Å². The first-order valence-corrected chi connectivity index (χ1v) is 12.4. The van der Waals surface area contributed by atoms with Crippen molar-refractivity contribution >= 4 is 52.9 Å². The summed E-state index contributed by atoms with van der Waals surface area (Å²) in [5.41, 5.74) is 11.9. The molecule has 19 nitrogen and oxygen atoms in total. The second kappa shape index (κ2) is 16.4. The van der Waals surface area contributed by atoms with Crippen molar-refractivity contribution in [2.75, 3.05) is 23.4 Å². The third kappa shape index (κ3) is 10.7. The molecule has 0 aliphatic carbocycles. The second-order valence-electron chi connectivity index (χ2n) is 8.84. The summed E-state index contributed by atoms with van der Waals surface area (Å²) >= 11 is 0. The number of aliphatic carboxylic acids is 1. The molecule has 4 rings (SSSR count). The molecule has 20 heteroatoms. The van der Waals surface area contributed by atoms with Crippen LogP contribution < -0.4 is 72.6 Å². The second-order valence-corrected chi connectivity index (χ2v) is 8.84. The number of nitrogens with one attached hydrogen (secondary N) is 4. The Kier molecular flexibility index (Phi) is 13.1. The average Bonchev–Trinajstić information content (AvgIpc) is 2.96. The van der Waals surface area contributed by atoms with E-state index in [1.54, 1.807) is 30.5 Å². The van der Waals surface area contributed by atoms with Gasteiger partial charge in [0.15, 0.2) is 11.3 Å². The number of carboxylic acids is 2. The Bertz CT molecular complexity index is 1770. The first-order valence-electron chi connectivity index (χ1n) is 12.4. The van der Waals surface area contributed by atoms with Crippen molar-refractivity contribution in [3.05, 3.63) is 74.3 Å². The normalized spacial score (nSPS) is 10.8. The molecule has 0 radical (unpaired) electrons. The predicted octanol–water partition coefficient (Wildman–Crippen LogP) is -5.93. The monoisotopic (exact) mass is 632 g/mol. The van der Waals surface area contributed by atoms with Gasteiger partial charge in [0.05, 0.1) is 30.3 Å². The van der Waals surface area contributed by atoms with Crippen molar-refractivity contribution < 1.29 is 68.7 Å². The van der Waals surface area contributed by atoms with Crippen molar-refractivity contribution in [3.63, 3.8) is 0 Å². The molecular weight excluding hydrogens is 607 g/mol. The maximum atomic E-state index is 12.4. The number of carbonyl (C=O) groups excluding carboxylic acids is 3. The first-order chi connectivity index (χ1) is 20.9. The van der Waals surface area contributed by atoms with Crippen LogP contribution >= 0.6 is 0 Å². The number of aromatic carboxylic acids is 1. The number of hydrogen-bond donors (Lipinski definition) is 6. The summed E-state index contributed by atoms with van der Waals surface area (Å²) in [5.74, 6) is -2.96. The Hall–Kier alpha value is -5.40. The largest absolute Gasteiger partial charge is 1.00 e. The number of nitrogens with two attached hydrogens (primary N) is 2. The number of aromatic amines is 3. The number of amides is 1. The minimum atomic E-state index is -1.59. The molecular formula is C25H25N10NaO9. The number of carbonyl (C=O) groups is 3. The molecule has 0 saturated heterocycles. The van der Waals surface area contributed by atoms with E-state index in [0.717, 1.165) is 11.8 Å². The molecule has 1 amide bonds. The van der Waals surface area contributed by atoms with E-state index < -0.39 is 41.0 Å². The van der Waals surface area contributed by atoms with Crippen LogP contribution in [-0.2, 0) is 20.9 Å². The van der Waals surface area contributed by atoms with Crippen LogP contribution in [0.2, 0.25) is 0 Å². The molecule has 0 aliphatic heterocycles. The first kappa shape index (κ1) is 35.8. The van der Waals surface area contributed by atoms with Gasteiger partial charge < -0.3 is 51.2 Å². The van der Waals surface area contributed by atoms with Crippen molar-refractivity contribution in [3.8, 4) is 0 Å². The number of nitrogens with zero attached hydrogens (tertiary/aromatic N) is 4. The SMILES string of the molecule is CN(Cc1c[nH+]c2nc(N)nc(N)c2n1)c1ccc(C(=O)NC(CCC(=O)O)O[C-]=O)cc1.O=C([O-])c1cc(=O)[nH]c(=O)[nH]1.[Na+]. The fraction of sp³-hybridized carbons (Fsp3) is 0.200. The van der Waals surface area contributed by atoms with E-state index in [9.17, 15) is 33.9 Å². The predicted molar refractivity (Wildman–Crippen MR) is 148 cm³/mol. The van der Waals surface area contributed by atoms with E-state index in [-0.39, 0.29) is 54.2 Å². The van der Waals surface area contributed by atoms with Crippen LogP contribution in [0.3, 0.4) is 0 Å². The Labute approximate surface area is 274 Å². The van der Waals surface area contributed by atoms with Crippen molar-refractivity contribution in [1.29, 1.82) is 0 Å². The zero-order valence-corrected chi connectivity index (χ0v) is 25.8. The molecule has 1 unspecified atom stereocenters. The summed E-state index contributed by atoms with van der Waals surface area (Å²) in [7, 11) is 1.85. The van der Waals surface area contributed by atoms with Gasteiger partial charge >= 0.3 is 52.8 Å². The molecule has 45 heavy (non-hydrogen) atoms. The van der Waals surface area contributed by atoms with Crippen LogP contribution in [0.15, 0.2) is 46.1 Å². The van der Waals surface area contributed by atoms with E-state index in [2.05, 4.69) is 30.0 Å². The standard InChI is InChI=1S/C20H21N8O5.C5H4N2O4.Na/c1-28(9-12-8-23-18-16(24-12)17(21)26-20(22)27-18)13-4-2-11(3-5-13)19(32)25-14(33-10-29)6-7-15(30)31;8-3-1-2(4(9)10)6-5(11)7-3;/h2-5,8,14H,6-7,9H2,1H3,(H,25,32)(H,30,31)(H4,21,22,23,26,27);1H,(H,9,10)(H2,6,7,8,11);/q-1;;+1. The topological polar surface area (TPSA) is 307 Å². The van der Waals surface area contributed by atoms with E-state index in [4.69, 9.17) is 16.6 Å². The fourth-order valence-corrected chi connectivity index (χ4v) is 3.59. The molecule has 0 fully saturated rings. The molecule has 3 aromatic heterocycles. The van der Waals surface area contributed by atoms with Crippen LogP contribution in [0, 0.1) is 0 Å². The van der Waals surface area contributed by atoms with Gasteiger partial charge in [-0.1, -0.05) is 6.47 Å². The minimum absolute atomic E-state index is 0. The molecule has 0 saturated carbocycles. The number of H-pyrrole nitrogens is 3. The Balaban J connectivity index is 0.000000497. The smallest absolute Gasteiger partial charge is 0.637 e. The van der Waals surface area contributed by atoms with Gasteiger partial charge in [-0.2, -0.15) is 4.98 Å². The summed E-state index contributed by atoms with van der Waals surface area (Å²) in [5, 5.41) is 21.3. The van der Waals surface area contributed by atoms with Gasteiger partial charge in [-0.3, -0.25) is 19.4 Å². The van der Waals surface area contributed by atoms with Gasteiger partial charge in [0.2, 0.25) is 0 Å². The maximum absolute atomic E-state index is 12.4. The number of aromatic nitrogens is 6. The third-order valence-corrected chi connectivity index (χ3v) is 5.61. The Morgan fingerprint density at radius 2 is 1.84 bits per heavy atom. The molecule has 0 spiro atoms. The van der Waals surface area contributed by atoms with E-state index >= 15 is 0 Å². The van der Waals surface area contributed by atoms with Crippen LogP contribution in [0.4, 0.5) is 17.5 Å². The molecule has 3 heterocycles. The number of nitrogen functional groups attached to an aromatic ring is 2. The van der Waals surface area contributed by atoms with E-state index in [1.165, 1.54) is 6.47 Å². The van der Waals surface area contributed by atoms with Crippen LogP contribution in [0.5, 0.6) is 0 Å². The van der Waals surface area contributed by atoms with Crippen LogP contribution in [-0.4, -0.2) is 67.6 Å². The van der Waals surface area contributed by atoms with Gasteiger partial charge in [-0.25, -0.2) is 14.8 Å². The number of benzene rings is 1.